The minimum Gasteiger partial charge on any atom is -0.497 e. The number of hydrogen-bond donors (Lipinski definition) is 3. The molecular formula is C28H28O9. The Kier molecular flexibility index (Phi) is 5.82. The lowest BCUT2D eigenvalue weighted by Crippen LogP contribution is -2.65. The third-order valence-corrected chi connectivity index (χ3v) is 7.55. The number of ether oxygens (including phenoxy) is 5. The number of esters is 1. The maximum absolute atomic E-state index is 13.5. The molecule has 9 heteroatoms. The smallest absolute Gasteiger partial charge is 0.312 e. The van der Waals surface area contributed by atoms with E-state index >= 15 is 0 Å². The Morgan fingerprint density at radius 1 is 0.838 bits per heavy atom. The Hall–Kier alpha value is -3.79. The van der Waals surface area contributed by atoms with Crippen molar-refractivity contribution in [3.8, 4) is 23.0 Å². The molecule has 5 rings (SSSR count). The molecule has 37 heavy (non-hydrogen) atoms. The summed E-state index contributed by atoms with van der Waals surface area (Å²) in [7, 11) is 5.51. The summed E-state index contributed by atoms with van der Waals surface area (Å²) in [6, 6.07) is 18.2. The first kappa shape index (κ1) is 24.9. The van der Waals surface area contributed by atoms with Crippen molar-refractivity contribution in [2.24, 2.45) is 5.92 Å². The Balaban J connectivity index is 1.94. The van der Waals surface area contributed by atoms with Gasteiger partial charge in [0.2, 0.25) is 5.79 Å². The summed E-state index contributed by atoms with van der Waals surface area (Å²) in [5.74, 6) is -5.53. The van der Waals surface area contributed by atoms with Gasteiger partial charge in [0.05, 0.1) is 39.9 Å². The molecule has 4 atom stereocenters. The second kappa shape index (κ2) is 8.65. The number of rotatable bonds is 6. The maximum atomic E-state index is 13.5. The van der Waals surface area contributed by atoms with Crippen LogP contribution in [0.2, 0.25) is 0 Å². The van der Waals surface area contributed by atoms with Crippen LogP contribution in [0.3, 0.4) is 0 Å². The molecule has 0 saturated heterocycles. The SMILES string of the molecule is COC(=O)[C@H]1[C@H](c2ccccc2)[C@@]2(c3ccc(OC)cc3)Oc3cc(OC)cc(OC)c3[C@]1(O)C2(O)O. The highest BCUT2D eigenvalue weighted by atomic mass is 16.6. The van der Waals surface area contributed by atoms with Crippen molar-refractivity contribution in [1.29, 1.82) is 0 Å². The topological polar surface area (TPSA) is 124 Å². The summed E-state index contributed by atoms with van der Waals surface area (Å²) < 4.78 is 27.9. The van der Waals surface area contributed by atoms with Crippen LogP contribution in [-0.2, 0) is 20.7 Å². The summed E-state index contributed by atoms with van der Waals surface area (Å²) >= 11 is 0. The molecule has 1 fully saturated rings. The summed E-state index contributed by atoms with van der Waals surface area (Å²) in [6.07, 6.45) is 0. The summed E-state index contributed by atoms with van der Waals surface area (Å²) in [5.41, 5.74) is -3.97. The predicted molar refractivity (Wildman–Crippen MR) is 131 cm³/mol. The number of aliphatic hydroxyl groups is 3. The van der Waals surface area contributed by atoms with Crippen molar-refractivity contribution in [3.05, 3.63) is 83.4 Å². The number of fused-ring (bicyclic) bond motifs is 4. The van der Waals surface area contributed by atoms with Gasteiger partial charge in [0.15, 0.2) is 11.2 Å². The highest BCUT2D eigenvalue weighted by molar-refractivity contribution is 5.80. The first-order valence-electron chi connectivity index (χ1n) is 11.6. The fourth-order valence-electron chi connectivity index (χ4n) is 5.93. The van der Waals surface area contributed by atoms with Crippen LogP contribution < -0.4 is 18.9 Å². The molecule has 2 bridgehead atoms. The van der Waals surface area contributed by atoms with Gasteiger partial charge in [-0.25, -0.2) is 0 Å². The van der Waals surface area contributed by atoms with Gasteiger partial charge in [-0.15, -0.1) is 0 Å². The predicted octanol–water partition coefficient (Wildman–Crippen LogP) is 2.46. The van der Waals surface area contributed by atoms with E-state index < -0.39 is 34.8 Å². The Labute approximate surface area is 213 Å². The molecule has 3 N–H and O–H groups in total. The number of hydrogen-bond acceptors (Lipinski definition) is 9. The van der Waals surface area contributed by atoms with Gasteiger partial charge < -0.3 is 39.0 Å². The van der Waals surface area contributed by atoms with Crippen molar-refractivity contribution in [2.45, 2.75) is 22.9 Å². The quantitative estimate of drug-likeness (QED) is 0.340. The third kappa shape index (κ3) is 3.11. The van der Waals surface area contributed by atoms with E-state index in [2.05, 4.69) is 0 Å². The molecule has 1 heterocycles. The normalized spacial score (nSPS) is 27.0. The van der Waals surface area contributed by atoms with Crippen LogP contribution >= 0.6 is 0 Å². The standard InChI is InChI=1S/C28H28O9/c1-33-18-12-10-17(11-13-18)27-22(16-8-6-5-7-9-16)24(25(29)36-4)26(30,28(27,31)32)23-20(35-3)14-19(34-2)15-21(23)37-27/h5-15,22,24,30-32H,1-4H3/t22-,24+,26+,27+/m0/s1. The van der Waals surface area contributed by atoms with Crippen LogP contribution in [0, 0.1) is 5.92 Å². The monoisotopic (exact) mass is 508 g/mol. The molecule has 0 unspecified atom stereocenters. The van der Waals surface area contributed by atoms with Crippen LogP contribution in [0.25, 0.3) is 0 Å². The van der Waals surface area contributed by atoms with Crippen molar-refractivity contribution in [1.82, 2.24) is 0 Å². The third-order valence-electron chi connectivity index (χ3n) is 7.55. The van der Waals surface area contributed by atoms with E-state index in [-0.39, 0.29) is 17.1 Å². The van der Waals surface area contributed by atoms with E-state index in [0.29, 0.717) is 22.6 Å². The lowest BCUT2D eigenvalue weighted by atomic mass is 9.74. The van der Waals surface area contributed by atoms with Gasteiger partial charge in [-0.1, -0.05) is 42.5 Å². The zero-order valence-electron chi connectivity index (χ0n) is 20.8. The molecule has 3 aromatic rings. The van der Waals surface area contributed by atoms with Gasteiger partial charge in [-0.05, 0) is 17.7 Å². The molecule has 1 saturated carbocycles. The highest BCUT2D eigenvalue weighted by Gasteiger charge is 2.84. The largest absolute Gasteiger partial charge is 0.497 e. The molecule has 1 aliphatic carbocycles. The molecule has 1 aliphatic heterocycles. The van der Waals surface area contributed by atoms with Crippen molar-refractivity contribution < 1.29 is 43.8 Å². The zero-order valence-corrected chi connectivity index (χ0v) is 20.8. The number of carbonyl (C=O) groups is 1. The molecular weight excluding hydrogens is 480 g/mol. The van der Waals surface area contributed by atoms with E-state index in [9.17, 15) is 20.1 Å². The Morgan fingerprint density at radius 2 is 1.49 bits per heavy atom. The zero-order chi connectivity index (χ0) is 26.6. The van der Waals surface area contributed by atoms with Gasteiger partial charge >= 0.3 is 5.97 Å². The van der Waals surface area contributed by atoms with Crippen LogP contribution in [0.4, 0.5) is 0 Å². The summed E-state index contributed by atoms with van der Waals surface area (Å²) in [4.78, 5) is 13.5. The number of carbonyl (C=O) groups excluding carboxylic acids is 1. The van der Waals surface area contributed by atoms with Gasteiger partial charge in [-0.2, -0.15) is 0 Å². The van der Waals surface area contributed by atoms with E-state index in [0.717, 1.165) is 0 Å². The first-order chi connectivity index (χ1) is 17.7. The molecule has 0 aromatic heterocycles. The number of benzene rings is 3. The van der Waals surface area contributed by atoms with E-state index in [1.165, 1.54) is 40.6 Å². The lowest BCUT2D eigenvalue weighted by molar-refractivity contribution is -0.341. The molecule has 3 aromatic carbocycles. The fraction of sp³-hybridized carbons (Fsp3) is 0.321. The lowest BCUT2D eigenvalue weighted by Gasteiger charge is -2.50. The summed E-state index contributed by atoms with van der Waals surface area (Å²) in [6.45, 7) is 0. The second-order valence-electron chi connectivity index (χ2n) is 9.10. The molecule has 9 nitrogen and oxygen atoms in total. The molecule has 194 valence electrons. The van der Waals surface area contributed by atoms with Crippen LogP contribution in [0.1, 0.15) is 22.6 Å². The minimum absolute atomic E-state index is 0.0512. The van der Waals surface area contributed by atoms with Gasteiger partial charge in [0.1, 0.15) is 28.9 Å². The van der Waals surface area contributed by atoms with Crippen LogP contribution in [0.15, 0.2) is 66.7 Å². The fourth-order valence-corrected chi connectivity index (χ4v) is 5.93. The van der Waals surface area contributed by atoms with Crippen LogP contribution in [-0.4, -0.2) is 55.5 Å². The Morgan fingerprint density at radius 3 is 2.05 bits per heavy atom. The minimum atomic E-state index is -3.04. The van der Waals surface area contributed by atoms with Crippen molar-refractivity contribution >= 4 is 5.97 Å². The molecule has 0 radical (unpaired) electrons. The summed E-state index contributed by atoms with van der Waals surface area (Å²) in [5, 5.41) is 36.6. The highest BCUT2D eigenvalue weighted by Crippen LogP contribution is 2.71. The van der Waals surface area contributed by atoms with Gasteiger partial charge in [0, 0.05) is 17.7 Å². The van der Waals surface area contributed by atoms with Crippen molar-refractivity contribution in [2.75, 3.05) is 28.4 Å². The second-order valence-corrected chi connectivity index (χ2v) is 9.10. The maximum Gasteiger partial charge on any atom is 0.312 e. The van der Waals surface area contributed by atoms with Gasteiger partial charge in [-0.3, -0.25) is 4.79 Å². The molecule has 0 spiro atoms. The number of methoxy groups -OCH3 is 4. The first-order valence-corrected chi connectivity index (χ1v) is 11.6. The van der Waals surface area contributed by atoms with E-state index in [1.807, 2.05) is 0 Å². The van der Waals surface area contributed by atoms with Gasteiger partial charge in [0.25, 0.3) is 0 Å². The van der Waals surface area contributed by atoms with Crippen molar-refractivity contribution in [3.63, 3.8) is 0 Å². The van der Waals surface area contributed by atoms with Crippen LogP contribution in [0.5, 0.6) is 23.0 Å². The molecule has 0 amide bonds. The average Bonchev–Trinajstić information content (AvgIpc) is 3.01. The molecule has 2 aliphatic rings. The van der Waals surface area contributed by atoms with E-state index in [1.54, 1.807) is 54.6 Å². The van der Waals surface area contributed by atoms with E-state index in [4.69, 9.17) is 23.7 Å². The average molecular weight is 509 g/mol. The Bertz CT molecular complexity index is 1320.